The molecule has 2 aromatic heterocycles. The van der Waals surface area contributed by atoms with Crippen LogP contribution in [0.3, 0.4) is 0 Å². The van der Waals surface area contributed by atoms with Gasteiger partial charge in [-0.3, -0.25) is 4.98 Å². The van der Waals surface area contributed by atoms with Crippen molar-refractivity contribution >= 4 is 40.7 Å². The number of carbonyl (C=O) groups is 1. The zero-order valence-electron chi connectivity index (χ0n) is 11.4. The van der Waals surface area contributed by atoms with Gasteiger partial charge in [-0.05, 0) is 36.4 Å². The summed E-state index contributed by atoms with van der Waals surface area (Å²) >= 11 is 0. The highest BCUT2D eigenvalue weighted by Crippen LogP contribution is 2.19. The molecule has 0 aliphatic carbocycles. The summed E-state index contributed by atoms with van der Waals surface area (Å²) in [7, 11) is 1.99. The minimum Gasteiger partial charge on any atom is -0.351 e. The first-order valence-electron chi connectivity index (χ1n) is 6.25. The summed E-state index contributed by atoms with van der Waals surface area (Å²) in [6, 6.07) is 11.1. The topological polar surface area (TPSA) is 59.0 Å². The smallest absolute Gasteiger partial charge is 0.323 e. The van der Waals surface area contributed by atoms with Crippen molar-refractivity contribution in [2.75, 3.05) is 10.6 Å². The molecule has 3 aromatic rings. The second-order valence-corrected chi connectivity index (χ2v) is 4.52. The Bertz CT molecular complexity index is 755. The van der Waals surface area contributed by atoms with Crippen LogP contribution in [0, 0.1) is 0 Å². The van der Waals surface area contributed by atoms with Crippen molar-refractivity contribution in [1.82, 2.24) is 9.55 Å². The molecule has 2 heterocycles. The van der Waals surface area contributed by atoms with Crippen LogP contribution in [0.25, 0.3) is 10.9 Å². The predicted octanol–water partition coefficient (Wildman–Crippen LogP) is 3.64. The van der Waals surface area contributed by atoms with E-state index in [0.29, 0.717) is 5.69 Å². The van der Waals surface area contributed by atoms with Gasteiger partial charge in [0.2, 0.25) is 0 Å². The van der Waals surface area contributed by atoms with Crippen LogP contribution >= 0.6 is 12.4 Å². The lowest BCUT2D eigenvalue weighted by Gasteiger charge is -2.07. The molecule has 0 radical (unpaired) electrons. The van der Waals surface area contributed by atoms with Crippen molar-refractivity contribution in [3.63, 3.8) is 0 Å². The molecule has 0 fully saturated rings. The van der Waals surface area contributed by atoms with Crippen LogP contribution in [0.15, 0.2) is 55.0 Å². The molecule has 1 aromatic carbocycles. The van der Waals surface area contributed by atoms with Crippen molar-refractivity contribution in [2.24, 2.45) is 7.05 Å². The van der Waals surface area contributed by atoms with E-state index in [1.54, 1.807) is 24.5 Å². The molecule has 0 unspecified atom stereocenters. The second kappa shape index (κ2) is 6.28. The molecule has 0 atom stereocenters. The number of aromatic nitrogens is 2. The van der Waals surface area contributed by atoms with E-state index in [-0.39, 0.29) is 18.4 Å². The number of fused-ring (bicyclic) bond motifs is 1. The number of hydrogen-bond acceptors (Lipinski definition) is 2. The third kappa shape index (κ3) is 3.32. The van der Waals surface area contributed by atoms with E-state index >= 15 is 0 Å². The van der Waals surface area contributed by atoms with Gasteiger partial charge in [-0.2, -0.15) is 0 Å². The molecular formula is C15H15ClN4O. The van der Waals surface area contributed by atoms with Crippen molar-refractivity contribution in [3.8, 4) is 0 Å². The first-order chi connectivity index (χ1) is 9.72. The Kier molecular flexibility index (Phi) is 4.45. The van der Waals surface area contributed by atoms with Crippen molar-refractivity contribution < 1.29 is 4.79 Å². The monoisotopic (exact) mass is 302 g/mol. The molecule has 21 heavy (non-hydrogen) atoms. The van der Waals surface area contributed by atoms with Crippen LogP contribution in [-0.4, -0.2) is 15.6 Å². The number of halogens is 1. The summed E-state index contributed by atoms with van der Waals surface area (Å²) in [5.41, 5.74) is 2.54. The van der Waals surface area contributed by atoms with Gasteiger partial charge in [0, 0.05) is 36.0 Å². The SMILES string of the molecule is Cl.Cn1ccc2cc(NC(=O)Nc3cccnc3)ccc21. The molecule has 2 amide bonds. The van der Waals surface area contributed by atoms with Gasteiger partial charge >= 0.3 is 6.03 Å². The summed E-state index contributed by atoms with van der Waals surface area (Å²) in [6.07, 6.45) is 5.25. The lowest BCUT2D eigenvalue weighted by Crippen LogP contribution is -2.19. The molecule has 108 valence electrons. The Morgan fingerprint density at radius 2 is 1.95 bits per heavy atom. The van der Waals surface area contributed by atoms with Crippen molar-refractivity contribution in [2.45, 2.75) is 0 Å². The standard InChI is InChI=1S/C15H14N4O.ClH/c1-19-8-6-11-9-12(4-5-14(11)19)17-15(20)18-13-3-2-7-16-10-13;/h2-10H,1H3,(H2,17,18,20);1H. The summed E-state index contributed by atoms with van der Waals surface area (Å²) in [5, 5.41) is 6.62. The van der Waals surface area contributed by atoms with Gasteiger partial charge in [-0.1, -0.05) is 0 Å². The fourth-order valence-electron chi connectivity index (χ4n) is 2.09. The van der Waals surface area contributed by atoms with Crippen LogP contribution in [0.2, 0.25) is 0 Å². The lowest BCUT2D eigenvalue weighted by atomic mass is 10.2. The van der Waals surface area contributed by atoms with E-state index in [1.807, 2.05) is 42.1 Å². The normalized spacial score (nSPS) is 9.95. The quantitative estimate of drug-likeness (QED) is 0.759. The van der Waals surface area contributed by atoms with Gasteiger partial charge in [0.05, 0.1) is 11.9 Å². The summed E-state index contributed by atoms with van der Waals surface area (Å²) in [5.74, 6) is 0. The molecular weight excluding hydrogens is 288 g/mol. The zero-order chi connectivity index (χ0) is 13.9. The third-order valence-electron chi connectivity index (χ3n) is 3.06. The molecule has 0 bridgehead atoms. The largest absolute Gasteiger partial charge is 0.351 e. The van der Waals surface area contributed by atoms with E-state index in [9.17, 15) is 4.79 Å². The van der Waals surface area contributed by atoms with E-state index in [0.717, 1.165) is 16.6 Å². The van der Waals surface area contributed by atoms with Crippen LogP contribution in [0.5, 0.6) is 0 Å². The lowest BCUT2D eigenvalue weighted by molar-refractivity contribution is 0.262. The summed E-state index contributed by atoms with van der Waals surface area (Å²) in [4.78, 5) is 15.8. The molecule has 0 spiro atoms. The Morgan fingerprint density at radius 3 is 2.71 bits per heavy atom. The summed E-state index contributed by atoms with van der Waals surface area (Å²) < 4.78 is 2.04. The van der Waals surface area contributed by atoms with E-state index in [4.69, 9.17) is 0 Å². The molecule has 3 rings (SSSR count). The van der Waals surface area contributed by atoms with E-state index in [2.05, 4.69) is 15.6 Å². The molecule has 0 aliphatic heterocycles. The van der Waals surface area contributed by atoms with Crippen LogP contribution < -0.4 is 10.6 Å². The highest BCUT2D eigenvalue weighted by Gasteiger charge is 2.04. The number of urea groups is 1. The Morgan fingerprint density at radius 1 is 1.14 bits per heavy atom. The average molecular weight is 303 g/mol. The first-order valence-corrected chi connectivity index (χ1v) is 6.25. The Hall–Kier alpha value is -2.53. The van der Waals surface area contributed by atoms with Gasteiger partial charge in [-0.25, -0.2) is 4.79 Å². The number of amides is 2. The molecule has 6 heteroatoms. The maximum Gasteiger partial charge on any atom is 0.323 e. The highest BCUT2D eigenvalue weighted by atomic mass is 35.5. The number of nitrogens with one attached hydrogen (secondary N) is 2. The zero-order valence-corrected chi connectivity index (χ0v) is 12.2. The average Bonchev–Trinajstić information content (AvgIpc) is 2.81. The van der Waals surface area contributed by atoms with Gasteiger partial charge in [0.1, 0.15) is 0 Å². The molecule has 2 N–H and O–H groups in total. The molecule has 0 aliphatic rings. The minimum atomic E-state index is -0.284. The first kappa shape index (κ1) is 14.9. The molecule has 5 nitrogen and oxygen atoms in total. The third-order valence-corrected chi connectivity index (χ3v) is 3.06. The summed E-state index contributed by atoms with van der Waals surface area (Å²) in [6.45, 7) is 0. The second-order valence-electron chi connectivity index (χ2n) is 4.52. The van der Waals surface area contributed by atoms with Gasteiger partial charge < -0.3 is 15.2 Å². The number of carbonyl (C=O) groups excluding carboxylic acids is 1. The van der Waals surface area contributed by atoms with Crippen LogP contribution in [0.1, 0.15) is 0 Å². The van der Waals surface area contributed by atoms with Crippen LogP contribution in [-0.2, 0) is 7.05 Å². The maximum atomic E-state index is 11.9. The Balaban J connectivity index is 0.00000161. The maximum absolute atomic E-state index is 11.9. The fraction of sp³-hybridized carbons (Fsp3) is 0.0667. The van der Waals surface area contributed by atoms with Gasteiger partial charge in [-0.15, -0.1) is 12.4 Å². The number of benzene rings is 1. The number of pyridine rings is 1. The minimum absolute atomic E-state index is 0. The Labute approximate surface area is 128 Å². The van der Waals surface area contributed by atoms with Crippen LogP contribution in [0.4, 0.5) is 16.2 Å². The highest BCUT2D eigenvalue weighted by molar-refractivity contribution is 6.00. The number of aryl methyl sites for hydroxylation is 1. The van der Waals surface area contributed by atoms with Gasteiger partial charge in [0.15, 0.2) is 0 Å². The number of rotatable bonds is 2. The molecule has 0 saturated carbocycles. The van der Waals surface area contributed by atoms with Gasteiger partial charge in [0.25, 0.3) is 0 Å². The van der Waals surface area contributed by atoms with Crippen molar-refractivity contribution in [3.05, 3.63) is 55.0 Å². The fourth-order valence-corrected chi connectivity index (χ4v) is 2.09. The number of hydrogen-bond donors (Lipinski definition) is 2. The number of nitrogens with zero attached hydrogens (tertiary/aromatic N) is 2. The number of anilines is 2. The van der Waals surface area contributed by atoms with E-state index in [1.165, 1.54) is 0 Å². The van der Waals surface area contributed by atoms with Crippen molar-refractivity contribution in [1.29, 1.82) is 0 Å². The predicted molar refractivity (Wildman–Crippen MR) is 87.0 cm³/mol. The molecule has 0 saturated heterocycles. The van der Waals surface area contributed by atoms with E-state index < -0.39 is 0 Å².